The van der Waals surface area contributed by atoms with Crippen molar-refractivity contribution in [2.75, 3.05) is 56.1 Å². The lowest BCUT2D eigenvalue weighted by molar-refractivity contribution is -0.142. The minimum Gasteiger partial charge on any atom is -0.507 e. The van der Waals surface area contributed by atoms with Gasteiger partial charge < -0.3 is 40.7 Å². The molecule has 2 aromatic carbocycles. The number of likely N-dealkylation sites (tertiary alicyclic amines) is 1. The molecule has 0 spiro atoms. The van der Waals surface area contributed by atoms with Crippen molar-refractivity contribution in [1.82, 2.24) is 35.6 Å². The summed E-state index contributed by atoms with van der Waals surface area (Å²) in [7, 11) is 0. The number of aromatic nitrogens is 3. The van der Waals surface area contributed by atoms with Crippen LogP contribution in [0.5, 0.6) is 5.75 Å². The van der Waals surface area contributed by atoms with Gasteiger partial charge in [0.05, 0.1) is 45.7 Å². The predicted molar refractivity (Wildman–Crippen MR) is 218 cm³/mol. The van der Waals surface area contributed by atoms with Crippen molar-refractivity contribution in [2.24, 2.45) is 5.41 Å². The van der Waals surface area contributed by atoms with E-state index in [0.29, 0.717) is 30.2 Å². The Morgan fingerprint density at radius 1 is 1.05 bits per heavy atom. The topological polar surface area (TPSA) is 185 Å². The van der Waals surface area contributed by atoms with Crippen LogP contribution >= 0.6 is 11.3 Å². The normalized spacial score (nSPS) is 20.5. The maximum absolute atomic E-state index is 14.1. The standard InChI is InChI=1S/C41H51N9O6S/c1-24(26-10-12-27(13-11-26)35-25(2)43-23-57-35)44-38(53)33-18-29(51)22-50(33)39(54)36(41(3,4)5)45-40(55)56-17-16-48-14-15-49-28(21-48)20-42-37-32(49)19-31(46-47-37)30-8-6-7-9-34(30)52/h6-13,19,23-24,28-29,33,36,51-52H,14-18,20-22H2,1-5H3,(H,42,47)(H,44,53)(H,45,55)/t24-,28+,29+,33-,36-/m0/s1. The number of aliphatic hydroxyl groups is 1. The molecule has 3 amide bonds. The summed E-state index contributed by atoms with van der Waals surface area (Å²) in [5, 5.41) is 38.9. The third kappa shape index (κ3) is 8.82. The number of rotatable bonds is 10. The summed E-state index contributed by atoms with van der Waals surface area (Å²) < 4.78 is 5.62. The molecule has 302 valence electrons. The van der Waals surface area contributed by atoms with Gasteiger partial charge in [-0.05, 0) is 48.6 Å². The molecule has 7 rings (SSSR count). The van der Waals surface area contributed by atoms with Crippen LogP contribution in [0.25, 0.3) is 21.7 Å². The van der Waals surface area contributed by atoms with Crippen LogP contribution in [0.15, 0.2) is 60.1 Å². The van der Waals surface area contributed by atoms with E-state index in [1.54, 1.807) is 23.5 Å². The highest BCUT2D eigenvalue weighted by molar-refractivity contribution is 7.13. The first-order valence-electron chi connectivity index (χ1n) is 19.4. The number of nitrogens with one attached hydrogen (secondary N) is 3. The van der Waals surface area contributed by atoms with Crippen molar-refractivity contribution in [1.29, 1.82) is 0 Å². The van der Waals surface area contributed by atoms with Crippen molar-refractivity contribution in [3.63, 3.8) is 0 Å². The highest BCUT2D eigenvalue weighted by atomic mass is 32.1. The molecule has 0 saturated carbocycles. The Morgan fingerprint density at radius 3 is 2.54 bits per heavy atom. The molecule has 5 N–H and O–H groups in total. The smallest absolute Gasteiger partial charge is 0.407 e. The van der Waals surface area contributed by atoms with Crippen LogP contribution < -0.4 is 20.9 Å². The number of para-hydroxylation sites is 1. The van der Waals surface area contributed by atoms with Crippen molar-refractivity contribution >= 4 is 40.7 Å². The number of phenols is 1. The molecule has 3 aliphatic rings. The van der Waals surface area contributed by atoms with E-state index in [2.05, 4.69) is 40.9 Å². The van der Waals surface area contributed by atoms with Gasteiger partial charge in [-0.2, -0.15) is 0 Å². The zero-order valence-corrected chi connectivity index (χ0v) is 33.8. The molecule has 5 heterocycles. The average molecular weight is 798 g/mol. The van der Waals surface area contributed by atoms with Crippen molar-refractivity contribution < 1.29 is 29.3 Å². The minimum atomic E-state index is -1.01. The fourth-order valence-electron chi connectivity index (χ4n) is 7.82. The molecule has 16 heteroatoms. The largest absolute Gasteiger partial charge is 0.507 e. The number of β-amino-alcohol motifs (C(OH)–C–C–N with tert-alkyl or cyclic N) is 1. The van der Waals surface area contributed by atoms with E-state index in [9.17, 15) is 24.6 Å². The molecule has 0 aliphatic carbocycles. The van der Waals surface area contributed by atoms with Crippen LogP contribution in [-0.4, -0.2) is 123 Å². The first-order chi connectivity index (χ1) is 27.3. The fourth-order valence-corrected chi connectivity index (χ4v) is 8.63. The lowest BCUT2D eigenvalue weighted by Gasteiger charge is -2.45. The number of amides is 3. The molecule has 2 fully saturated rings. The summed E-state index contributed by atoms with van der Waals surface area (Å²) in [6.45, 7) is 12.8. The number of nitrogens with zero attached hydrogens (tertiary/aromatic N) is 6. The van der Waals surface area contributed by atoms with Gasteiger partial charge in [-0.25, -0.2) is 9.78 Å². The number of hydrogen-bond donors (Lipinski definition) is 5. The SMILES string of the molecule is Cc1ncsc1-c1ccc([C@H](C)NC(=O)[C@@H]2C[C@@H](O)CN2C(=O)[C@H](NC(=O)OCCN2CCN3c4cc(-c5ccccc5O)nnc4NC[C@@H]3C2)C(C)(C)C)cc1. The zero-order valence-electron chi connectivity index (χ0n) is 32.9. The number of alkyl carbamates (subject to hydrolysis) is 1. The van der Waals surface area contributed by atoms with Crippen LogP contribution in [-0.2, 0) is 14.3 Å². The van der Waals surface area contributed by atoms with Crippen LogP contribution in [0.2, 0.25) is 0 Å². The molecule has 0 bridgehead atoms. The number of carbonyl (C=O) groups excluding carboxylic acids is 3. The number of hydrogen-bond acceptors (Lipinski definition) is 13. The lowest BCUT2D eigenvalue weighted by Crippen LogP contribution is -2.58. The lowest BCUT2D eigenvalue weighted by atomic mass is 9.85. The van der Waals surface area contributed by atoms with Crippen LogP contribution in [0.1, 0.15) is 51.4 Å². The number of thiazole rings is 1. The van der Waals surface area contributed by atoms with Gasteiger partial charge in [0.1, 0.15) is 24.4 Å². The van der Waals surface area contributed by atoms with Gasteiger partial charge in [0.2, 0.25) is 11.8 Å². The van der Waals surface area contributed by atoms with Gasteiger partial charge in [0, 0.05) is 51.3 Å². The number of anilines is 2. The number of phenolic OH excluding ortho intramolecular Hbond substituents is 1. The summed E-state index contributed by atoms with van der Waals surface area (Å²) in [4.78, 5) is 52.3. The van der Waals surface area contributed by atoms with Crippen LogP contribution in [0, 0.1) is 12.3 Å². The highest BCUT2D eigenvalue weighted by Gasteiger charge is 2.45. The summed E-state index contributed by atoms with van der Waals surface area (Å²) in [5.74, 6) is 0.0264. The second kappa shape index (κ2) is 16.6. The van der Waals surface area contributed by atoms with E-state index in [4.69, 9.17) is 4.74 Å². The predicted octanol–water partition coefficient (Wildman–Crippen LogP) is 4.18. The van der Waals surface area contributed by atoms with Crippen molar-refractivity contribution in [3.8, 4) is 27.4 Å². The summed E-state index contributed by atoms with van der Waals surface area (Å²) >= 11 is 1.58. The Balaban J connectivity index is 0.917. The Morgan fingerprint density at radius 2 is 1.82 bits per heavy atom. The van der Waals surface area contributed by atoms with E-state index >= 15 is 0 Å². The van der Waals surface area contributed by atoms with E-state index in [0.717, 1.165) is 47.0 Å². The molecule has 15 nitrogen and oxygen atoms in total. The molecule has 0 radical (unpaired) electrons. The highest BCUT2D eigenvalue weighted by Crippen LogP contribution is 2.36. The van der Waals surface area contributed by atoms with Crippen molar-refractivity contribution in [2.45, 2.75) is 71.3 Å². The van der Waals surface area contributed by atoms with E-state index in [1.807, 2.05) is 82.6 Å². The Bertz CT molecular complexity index is 2090. The van der Waals surface area contributed by atoms with Gasteiger partial charge in [0.25, 0.3) is 0 Å². The maximum atomic E-state index is 14.1. The number of aryl methyl sites for hydroxylation is 1. The van der Waals surface area contributed by atoms with Crippen LogP contribution in [0.3, 0.4) is 0 Å². The number of benzene rings is 2. The van der Waals surface area contributed by atoms with E-state index < -0.39 is 35.6 Å². The van der Waals surface area contributed by atoms with Gasteiger partial charge >= 0.3 is 6.09 Å². The number of fused-ring (bicyclic) bond motifs is 3. The molecule has 4 aromatic rings. The number of ether oxygens (including phenoxy) is 1. The van der Waals surface area contributed by atoms with Crippen LogP contribution in [0.4, 0.5) is 16.3 Å². The molecular formula is C41H51N9O6S. The number of carbonyl (C=O) groups is 3. The third-order valence-corrected chi connectivity index (χ3v) is 12.0. The number of aliphatic hydroxyl groups excluding tert-OH is 1. The first-order valence-corrected chi connectivity index (χ1v) is 20.3. The third-order valence-electron chi connectivity index (χ3n) is 11.0. The minimum absolute atomic E-state index is 0.0212. The zero-order chi connectivity index (χ0) is 40.4. The Kier molecular flexibility index (Phi) is 11.7. The van der Waals surface area contributed by atoms with Gasteiger partial charge in [-0.1, -0.05) is 57.2 Å². The molecule has 0 unspecified atom stereocenters. The molecule has 2 aromatic heterocycles. The Hall–Kier alpha value is -5.32. The monoisotopic (exact) mass is 797 g/mol. The molecular weight excluding hydrogens is 747 g/mol. The molecule has 3 aliphatic heterocycles. The Labute approximate surface area is 336 Å². The molecule has 5 atom stereocenters. The summed E-state index contributed by atoms with van der Waals surface area (Å²) in [5.41, 5.74) is 6.16. The molecule has 57 heavy (non-hydrogen) atoms. The second-order valence-corrected chi connectivity index (χ2v) is 17.0. The van der Waals surface area contributed by atoms with Gasteiger partial charge in [-0.3, -0.25) is 14.5 Å². The second-order valence-electron chi connectivity index (χ2n) is 16.1. The number of aromatic hydroxyl groups is 1. The van der Waals surface area contributed by atoms with E-state index in [1.165, 1.54) is 4.90 Å². The quantitative estimate of drug-likeness (QED) is 0.155. The molecule has 2 saturated heterocycles. The van der Waals surface area contributed by atoms with E-state index in [-0.39, 0.29) is 43.3 Å². The van der Waals surface area contributed by atoms with Gasteiger partial charge in [-0.15, -0.1) is 21.5 Å². The number of piperazine rings is 1. The van der Waals surface area contributed by atoms with Gasteiger partial charge in [0.15, 0.2) is 5.82 Å². The maximum Gasteiger partial charge on any atom is 0.407 e. The summed E-state index contributed by atoms with van der Waals surface area (Å²) in [6, 6.07) is 14.8. The average Bonchev–Trinajstić information content (AvgIpc) is 3.81. The van der Waals surface area contributed by atoms with Crippen molar-refractivity contribution in [3.05, 3.63) is 71.4 Å². The fraction of sp³-hybridized carbons (Fsp3) is 0.463. The summed E-state index contributed by atoms with van der Waals surface area (Å²) in [6.07, 6.45) is -1.51. The first kappa shape index (κ1) is 39.9.